The average molecular weight is 414 g/mol. The van der Waals surface area contributed by atoms with Crippen molar-refractivity contribution in [3.8, 4) is 5.75 Å². The largest absolute Gasteiger partial charge is 0.598 e. The van der Waals surface area contributed by atoms with E-state index in [0.29, 0.717) is 23.1 Å². The molecule has 1 saturated carbocycles. The molecule has 4 rings (SSSR count). The average Bonchev–Trinajstić information content (AvgIpc) is 3.55. The lowest BCUT2D eigenvalue weighted by atomic mass is 10.0. The molecular weight excluding hydrogens is 386 g/mol. The summed E-state index contributed by atoms with van der Waals surface area (Å²) in [4.78, 5) is 6.71. The molecule has 7 nitrogen and oxygen atoms in total. The zero-order valence-corrected chi connectivity index (χ0v) is 17.5. The summed E-state index contributed by atoms with van der Waals surface area (Å²) < 4.78 is 19.6. The summed E-state index contributed by atoms with van der Waals surface area (Å²) in [6.07, 6.45) is 6.86. The van der Waals surface area contributed by atoms with E-state index in [-0.39, 0.29) is 0 Å². The Morgan fingerprint density at radius 2 is 2.03 bits per heavy atom. The third kappa shape index (κ3) is 4.83. The molecule has 2 fully saturated rings. The van der Waals surface area contributed by atoms with Gasteiger partial charge in [0.2, 0.25) is 0 Å². The van der Waals surface area contributed by atoms with Gasteiger partial charge in [0.05, 0.1) is 18.4 Å². The van der Waals surface area contributed by atoms with Gasteiger partial charge in [0.25, 0.3) is 0 Å². The second-order valence-corrected chi connectivity index (χ2v) is 8.90. The van der Waals surface area contributed by atoms with E-state index in [0.717, 1.165) is 62.6 Å². The van der Waals surface area contributed by atoms with E-state index in [1.165, 1.54) is 0 Å². The topological polar surface area (TPSA) is 102 Å². The SMILES string of the molecule is C[S+]([O-])N1CCCN(c2cc(C(=N)c3cc(OC4CC4)ccc3N)ccn2)CC1. The van der Waals surface area contributed by atoms with Crippen molar-refractivity contribution < 1.29 is 9.29 Å². The number of pyridine rings is 1. The lowest BCUT2D eigenvalue weighted by Gasteiger charge is -2.23. The molecule has 1 aromatic carbocycles. The first-order chi connectivity index (χ1) is 14.0. The first kappa shape index (κ1) is 20.0. The minimum absolute atomic E-state index is 0.299. The van der Waals surface area contributed by atoms with E-state index in [2.05, 4.69) is 9.88 Å². The Morgan fingerprint density at radius 1 is 1.21 bits per heavy atom. The Hall–Kier alpha value is -2.29. The van der Waals surface area contributed by atoms with E-state index >= 15 is 0 Å². The van der Waals surface area contributed by atoms with Crippen molar-refractivity contribution in [2.45, 2.75) is 25.4 Å². The first-order valence-electron chi connectivity index (χ1n) is 9.96. The quantitative estimate of drug-likeness (QED) is 0.428. The first-order valence-corrected chi connectivity index (χ1v) is 11.5. The summed E-state index contributed by atoms with van der Waals surface area (Å²) in [7, 11) is 0. The molecule has 1 aliphatic carbocycles. The van der Waals surface area contributed by atoms with Gasteiger partial charge in [0.1, 0.15) is 17.8 Å². The maximum Gasteiger partial charge on any atom is 0.129 e. The number of hydrogen-bond acceptors (Lipinski definition) is 7. The minimum atomic E-state index is -0.950. The second kappa shape index (κ2) is 8.61. The number of nitrogens with zero attached hydrogens (tertiary/aromatic N) is 3. The monoisotopic (exact) mass is 413 g/mol. The van der Waals surface area contributed by atoms with Crippen LogP contribution in [0, 0.1) is 5.41 Å². The number of nitrogen functional groups attached to an aromatic ring is 1. The van der Waals surface area contributed by atoms with Crippen LogP contribution in [0.15, 0.2) is 36.5 Å². The number of hydrogen-bond donors (Lipinski definition) is 2. The lowest BCUT2D eigenvalue weighted by Crippen LogP contribution is -2.34. The highest BCUT2D eigenvalue weighted by molar-refractivity contribution is 7.88. The van der Waals surface area contributed by atoms with Gasteiger partial charge in [-0.1, -0.05) is 0 Å². The molecule has 1 aliphatic heterocycles. The molecule has 0 radical (unpaired) electrons. The highest BCUT2D eigenvalue weighted by Crippen LogP contribution is 2.30. The van der Waals surface area contributed by atoms with Crippen LogP contribution >= 0.6 is 0 Å². The van der Waals surface area contributed by atoms with E-state index < -0.39 is 11.4 Å². The standard InChI is InChI=1S/C21H27N5O2S/c1-29(27)26-10-2-9-25(11-12-26)20-13-15(7-8-24-20)21(23)18-14-17(5-6-19(18)22)28-16-3-4-16/h5-8,13-14,16,23H,2-4,9-12,22H2,1H3. The molecule has 3 N–H and O–H groups in total. The number of ether oxygens (including phenoxy) is 1. The van der Waals surface area contributed by atoms with Crippen LogP contribution in [0.5, 0.6) is 5.75 Å². The summed E-state index contributed by atoms with van der Waals surface area (Å²) in [5.41, 5.74) is 8.52. The van der Waals surface area contributed by atoms with Crippen LogP contribution in [0.4, 0.5) is 11.5 Å². The summed E-state index contributed by atoms with van der Waals surface area (Å²) in [6.45, 7) is 3.17. The zero-order chi connectivity index (χ0) is 20.4. The van der Waals surface area contributed by atoms with Crippen molar-refractivity contribution in [1.82, 2.24) is 9.29 Å². The smallest absolute Gasteiger partial charge is 0.129 e. The molecule has 0 amide bonds. The molecule has 1 saturated heterocycles. The zero-order valence-electron chi connectivity index (χ0n) is 16.6. The number of nitrogens with two attached hydrogens (primary N) is 1. The highest BCUT2D eigenvalue weighted by Gasteiger charge is 2.24. The van der Waals surface area contributed by atoms with Crippen molar-refractivity contribution in [3.63, 3.8) is 0 Å². The van der Waals surface area contributed by atoms with Crippen molar-refractivity contribution >= 4 is 28.6 Å². The number of nitrogens with one attached hydrogen (secondary N) is 1. The molecule has 0 bridgehead atoms. The summed E-state index contributed by atoms with van der Waals surface area (Å²) in [5.74, 6) is 1.59. The third-order valence-electron chi connectivity index (χ3n) is 5.30. The predicted molar refractivity (Wildman–Crippen MR) is 117 cm³/mol. The van der Waals surface area contributed by atoms with Crippen molar-refractivity contribution in [2.24, 2.45) is 0 Å². The molecule has 29 heavy (non-hydrogen) atoms. The van der Waals surface area contributed by atoms with Crippen LogP contribution in [0.1, 0.15) is 30.4 Å². The van der Waals surface area contributed by atoms with Crippen LogP contribution < -0.4 is 15.4 Å². The number of rotatable bonds is 6. The van der Waals surface area contributed by atoms with E-state index in [4.69, 9.17) is 15.9 Å². The Labute approximate surface area is 174 Å². The normalized spacial score (nSPS) is 18.9. The molecule has 2 aromatic rings. The number of anilines is 2. The predicted octanol–water partition coefficient (Wildman–Crippen LogP) is 2.43. The maximum atomic E-state index is 11.8. The summed E-state index contributed by atoms with van der Waals surface area (Å²) in [5, 5.41) is 8.72. The fourth-order valence-corrected chi connectivity index (χ4v) is 4.21. The summed E-state index contributed by atoms with van der Waals surface area (Å²) >= 11 is -0.950. The molecule has 2 heterocycles. The molecule has 1 aromatic heterocycles. The minimum Gasteiger partial charge on any atom is -0.598 e. The van der Waals surface area contributed by atoms with Crippen LogP contribution in [-0.2, 0) is 11.4 Å². The number of benzene rings is 1. The molecular formula is C21H27N5O2S. The van der Waals surface area contributed by atoms with Gasteiger partial charge in [-0.3, -0.25) is 5.41 Å². The molecule has 1 atom stereocenters. The number of aromatic nitrogens is 1. The molecule has 2 aliphatic rings. The molecule has 154 valence electrons. The van der Waals surface area contributed by atoms with E-state index in [1.54, 1.807) is 18.5 Å². The Balaban J connectivity index is 1.53. The van der Waals surface area contributed by atoms with Crippen LogP contribution in [0.2, 0.25) is 0 Å². The van der Waals surface area contributed by atoms with E-state index in [9.17, 15) is 4.55 Å². The molecule has 0 spiro atoms. The van der Waals surface area contributed by atoms with Gasteiger partial charge < -0.3 is 19.9 Å². The summed E-state index contributed by atoms with van der Waals surface area (Å²) in [6, 6.07) is 9.30. The third-order valence-corrected chi connectivity index (χ3v) is 6.39. The van der Waals surface area contributed by atoms with Gasteiger partial charge in [0.15, 0.2) is 0 Å². The van der Waals surface area contributed by atoms with Gasteiger partial charge in [-0.25, -0.2) is 4.98 Å². The van der Waals surface area contributed by atoms with Crippen molar-refractivity contribution in [1.29, 1.82) is 5.41 Å². The van der Waals surface area contributed by atoms with Crippen molar-refractivity contribution in [3.05, 3.63) is 47.7 Å². The Morgan fingerprint density at radius 3 is 2.79 bits per heavy atom. The second-order valence-electron chi connectivity index (χ2n) is 7.54. The highest BCUT2D eigenvalue weighted by atomic mass is 32.2. The van der Waals surface area contributed by atoms with Gasteiger partial charge in [-0.15, -0.1) is 4.31 Å². The van der Waals surface area contributed by atoms with Gasteiger partial charge in [-0.05, 0) is 49.6 Å². The Kier molecular flexibility index (Phi) is 5.94. The molecule has 1 unspecified atom stereocenters. The fourth-order valence-electron chi connectivity index (χ4n) is 3.49. The Bertz CT molecular complexity index is 887. The van der Waals surface area contributed by atoms with Gasteiger partial charge in [-0.2, -0.15) is 0 Å². The fraction of sp³-hybridized carbons (Fsp3) is 0.429. The van der Waals surface area contributed by atoms with E-state index in [1.807, 2.05) is 28.6 Å². The lowest BCUT2D eigenvalue weighted by molar-refractivity contribution is 0.303. The molecule has 8 heteroatoms. The van der Waals surface area contributed by atoms with Gasteiger partial charge in [0, 0.05) is 54.0 Å². The maximum absolute atomic E-state index is 11.8. The van der Waals surface area contributed by atoms with Crippen molar-refractivity contribution in [2.75, 3.05) is 43.1 Å². The van der Waals surface area contributed by atoms with Crippen LogP contribution in [-0.4, -0.2) is 58.1 Å². The van der Waals surface area contributed by atoms with Crippen LogP contribution in [0.3, 0.4) is 0 Å². The van der Waals surface area contributed by atoms with Gasteiger partial charge >= 0.3 is 0 Å². The van der Waals surface area contributed by atoms with Crippen LogP contribution in [0.25, 0.3) is 0 Å².